The molecule has 0 aliphatic heterocycles. The zero-order valence-electron chi connectivity index (χ0n) is 14.0. The van der Waals surface area contributed by atoms with Crippen molar-refractivity contribution in [1.82, 2.24) is 5.32 Å². The van der Waals surface area contributed by atoms with Crippen molar-refractivity contribution in [1.29, 1.82) is 0 Å². The highest BCUT2D eigenvalue weighted by Gasteiger charge is 2.09. The Morgan fingerprint density at radius 1 is 1.10 bits per heavy atom. The quantitative estimate of drug-likeness (QED) is 0.749. The Balaban J connectivity index is 2.68. The molecule has 0 fully saturated rings. The molecule has 1 atom stereocenters. The van der Waals surface area contributed by atoms with Gasteiger partial charge in [0.25, 0.3) is 0 Å². The molecule has 1 unspecified atom stereocenters. The Labute approximate surface area is 124 Å². The first-order chi connectivity index (χ1) is 9.43. The highest BCUT2D eigenvalue weighted by atomic mass is 16.5. The zero-order valence-corrected chi connectivity index (χ0v) is 14.0. The summed E-state index contributed by atoms with van der Waals surface area (Å²) in [4.78, 5) is 0. The monoisotopic (exact) mass is 277 g/mol. The molecule has 114 valence electrons. The summed E-state index contributed by atoms with van der Waals surface area (Å²) in [7, 11) is 0. The SMILES string of the molecule is CCCC(C)COc1c(C)cc(CNC(C)C)cc1C. The molecule has 0 bridgehead atoms. The van der Waals surface area contributed by atoms with Crippen molar-refractivity contribution in [2.75, 3.05) is 6.61 Å². The Morgan fingerprint density at radius 2 is 1.70 bits per heavy atom. The van der Waals surface area contributed by atoms with E-state index in [2.05, 4.69) is 59.0 Å². The molecular formula is C18H31NO. The Morgan fingerprint density at radius 3 is 2.20 bits per heavy atom. The first-order valence-corrected chi connectivity index (χ1v) is 7.90. The second kappa shape index (κ2) is 8.31. The summed E-state index contributed by atoms with van der Waals surface area (Å²) in [6.07, 6.45) is 2.46. The second-order valence-corrected chi connectivity index (χ2v) is 6.30. The van der Waals surface area contributed by atoms with Gasteiger partial charge in [0.15, 0.2) is 0 Å². The fraction of sp³-hybridized carbons (Fsp3) is 0.667. The molecular weight excluding hydrogens is 246 g/mol. The van der Waals surface area contributed by atoms with Gasteiger partial charge in [-0.25, -0.2) is 0 Å². The van der Waals surface area contributed by atoms with Gasteiger partial charge in [-0.05, 0) is 42.9 Å². The Bertz CT molecular complexity index is 389. The third-order valence-electron chi connectivity index (χ3n) is 3.53. The number of benzene rings is 1. The molecule has 0 radical (unpaired) electrons. The van der Waals surface area contributed by atoms with Crippen LogP contribution in [-0.2, 0) is 6.54 Å². The van der Waals surface area contributed by atoms with Crippen molar-refractivity contribution in [3.05, 3.63) is 28.8 Å². The van der Waals surface area contributed by atoms with Crippen LogP contribution in [0, 0.1) is 19.8 Å². The highest BCUT2D eigenvalue weighted by molar-refractivity contribution is 5.43. The summed E-state index contributed by atoms with van der Waals surface area (Å²) in [5, 5.41) is 3.46. The first-order valence-electron chi connectivity index (χ1n) is 7.90. The van der Waals surface area contributed by atoms with E-state index < -0.39 is 0 Å². The number of hydrogen-bond acceptors (Lipinski definition) is 2. The summed E-state index contributed by atoms with van der Waals surface area (Å²) in [5.41, 5.74) is 3.83. The van der Waals surface area contributed by atoms with Crippen LogP contribution in [-0.4, -0.2) is 12.6 Å². The summed E-state index contributed by atoms with van der Waals surface area (Å²) in [6, 6.07) is 4.99. The van der Waals surface area contributed by atoms with Crippen LogP contribution in [0.4, 0.5) is 0 Å². The molecule has 0 spiro atoms. The zero-order chi connectivity index (χ0) is 15.1. The van der Waals surface area contributed by atoms with Gasteiger partial charge in [0, 0.05) is 12.6 Å². The summed E-state index contributed by atoms with van der Waals surface area (Å²) in [5.74, 6) is 1.70. The minimum Gasteiger partial charge on any atom is -0.493 e. The summed E-state index contributed by atoms with van der Waals surface area (Å²) >= 11 is 0. The van der Waals surface area contributed by atoms with E-state index in [9.17, 15) is 0 Å². The molecule has 1 rings (SSSR count). The van der Waals surface area contributed by atoms with Gasteiger partial charge in [-0.3, -0.25) is 0 Å². The Hall–Kier alpha value is -1.02. The van der Waals surface area contributed by atoms with E-state index in [1.807, 2.05) is 0 Å². The van der Waals surface area contributed by atoms with Crippen LogP contribution >= 0.6 is 0 Å². The molecule has 2 nitrogen and oxygen atoms in total. The largest absolute Gasteiger partial charge is 0.493 e. The van der Waals surface area contributed by atoms with E-state index in [1.165, 1.54) is 29.5 Å². The predicted octanol–water partition coefficient (Wildman–Crippen LogP) is 4.62. The van der Waals surface area contributed by atoms with E-state index in [0.717, 1.165) is 18.9 Å². The van der Waals surface area contributed by atoms with Crippen LogP contribution in [0.5, 0.6) is 5.75 Å². The fourth-order valence-corrected chi connectivity index (χ4v) is 2.49. The van der Waals surface area contributed by atoms with Crippen LogP contribution in [0.3, 0.4) is 0 Å². The second-order valence-electron chi connectivity index (χ2n) is 6.30. The van der Waals surface area contributed by atoms with Crippen LogP contribution in [0.2, 0.25) is 0 Å². The van der Waals surface area contributed by atoms with Gasteiger partial charge in [0.1, 0.15) is 5.75 Å². The fourth-order valence-electron chi connectivity index (χ4n) is 2.49. The van der Waals surface area contributed by atoms with Crippen LogP contribution < -0.4 is 10.1 Å². The van der Waals surface area contributed by atoms with Gasteiger partial charge in [0.2, 0.25) is 0 Å². The number of hydrogen-bond donors (Lipinski definition) is 1. The molecule has 1 aromatic carbocycles. The number of nitrogens with one attached hydrogen (secondary N) is 1. The topological polar surface area (TPSA) is 21.3 Å². The van der Waals surface area contributed by atoms with Gasteiger partial charge < -0.3 is 10.1 Å². The molecule has 20 heavy (non-hydrogen) atoms. The van der Waals surface area contributed by atoms with Crippen molar-refractivity contribution in [3.8, 4) is 5.75 Å². The lowest BCUT2D eigenvalue weighted by molar-refractivity contribution is 0.248. The average Bonchev–Trinajstić information content (AvgIpc) is 2.35. The average molecular weight is 277 g/mol. The highest BCUT2D eigenvalue weighted by Crippen LogP contribution is 2.25. The Kier molecular flexibility index (Phi) is 7.08. The van der Waals surface area contributed by atoms with E-state index in [4.69, 9.17) is 4.74 Å². The standard InChI is InChI=1S/C18H31NO/c1-7-8-14(4)12-20-18-15(5)9-17(10-16(18)6)11-19-13(2)3/h9-10,13-14,19H,7-8,11-12H2,1-6H3. The minimum atomic E-state index is 0.515. The van der Waals surface area contributed by atoms with Gasteiger partial charge in [0.05, 0.1) is 6.61 Å². The van der Waals surface area contributed by atoms with Gasteiger partial charge in [-0.1, -0.05) is 46.2 Å². The molecule has 0 aliphatic rings. The molecule has 1 aromatic rings. The van der Waals surface area contributed by atoms with Crippen molar-refractivity contribution in [2.45, 2.75) is 67.0 Å². The van der Waals surface area contributed by atoms with Crippen LogP contribution in [0.1, 0.15) is 57.2 Å². The van der Waals surface area contributed by atoms with Crippen molar-refractivity contribution < 1.29 is 4.74 Å². The minimum absolute atomic E-state index is 0.515. The van der Waals surface area contributed by atoms with E-state index in [1.54, 1.807) is 0 Å². The normalized spacial score (nSPS) is 12.8. The number of rotatable bonds is 8. The van der Waals surface area contributed by atoms with Crippen LogP contribution in [0.15, 0.2) is 12.1 Å². The third-order valence-corrected chi connectivity index (χ3v) is 3.53. The number of ether oxygens (including phenoxy) is 1. The molecule has 2 heteroatoms. The molecule has 1 N–H and O–H groups in total. The van der Waals surface area contributed by atoms with Crippen molar-refractivity contribution in [2.24, 2.45) is 5.92 Å². The smallest absolute Gasteiger partial charge is 0.125 e. The lowest BCUT2D eigenvalue weighted by Gasteiger charge is -2.17. The predicted molar refractivity (Wildman–Crippen MR) is 87.5 cm³/mol. The maximum Gasteiger partial charge on any atom is 0.125 e. The molecule has 0 saturated heterocycles. The van der Waals surface area contributed by atoms with Crippen molar-refractivity contribution in [3.63, 3.8) is 0 Å². The lowest BCUT2D eigenvalue weighted by atomic mass is 10.0. The first kappa shape index (κ1) is 17.0. The summed E-state index contributed by atoms with van der Waals surface area (Å²) < 4.78 is 6.04. The van der Waals surface area contributed by atoms with Gasteiger partial charge >= 0.3 is 0 Å². The third kappa shape index (κ3) is 5.54. The van der Waals surface area contributed by atoms with Gasteiger partial charge in [-0.15, -0.1) is 0 Å². The van der Waals surface area contributed by atoms with Gasteiger partial charge in [-0.2, -0.15) is 0 Å². The molecule has 0 heterocycles. The molecule has 0 aliphatic carbocycles. The summed E-state index contributed by atoms with van der Waals surface area (Å²) in [6.45, 7) is 14.9. The molecule has 0 aromatic heterocycles. The van der Waals surface area contributed by atoms with Crippen molar-refractivity contribution >= 4 is 0 Å². The van der Waals surface area contributed by atoms with E-state index in [0.29, 0.717) is 12.0 Å². The number of aryl methyl sites for hydroxylation is 2. The maximum absolute atomic E-state index is 6.04. The maximum atomic E-state index is 6.04. The van der Waals surface area contributed by atoms with E-state index in [-0.39, 0.29) is 0 Å². The molecule has 0 amide bonds. The van der Waals surface area contributed by atoms with Crippen LogP contribution in [0.25, 0.3) is 0 Å². The van der Waals surface area contributed by atoms with E-state index >= 15 is 0 Å². The molecule has 0 saturated carbocycles. The lowest BCUT2D eigenvalue weighted by Crippen LogP contribution is -2.22.